The van der Waals surface area contributed by atoms with Gasteiger partial charge in [0, 0.05) is 20.2 Å². The van der Waals surface area contributed by atoms with Crippen molar-refractivity contribution >= 4 is 23.0 Å². The monoisotopic (exact) mass is 414 g/mol. The van der Waals surface area contributed by atoms with Crippen molar-refractivity contribution in [2.45, 2.75) is 38.3 Å². The molecule has 2 rings (SSSR count). The van der Waals surface area contributed by atoms with Gasteiger partial charge in [-0.15, -0.1) is 6.42 Å². The van der Waals surface area contributed by atoms with Crippen LogP contribution in [0.15, 0.2) is 12.1 Å². The molecular weight excluding hydrogens is 389 g/mol. The second kappa shape index (κ2) is 10.5. The fourth-order valence-electron chi connectivity index (χ4n) is 3.09. The largest absolute Gasteiger partial charge is 0.391 e. The van der Waals surface area contributed by atoms with Gasteiger partial charge in [0.2, 0.25) is 0 Å². The van der Waals surface area contributed by atoms with Crippen LogP contribution >= 0.6 is 0 Å². The number of hydrogen-bond acceptors (Lipinski definition) is 5. The van der Waals surface area contributed by atoms with Crippen LogP contribution in [0.1, 0.15) is 42.5 Å². The van der Waals surface area contributed by atoms with Crippen molar-refractivity contribution in [3.05, 3.63) is 27.8 Å². The average molecular weight is 414 g/mol. The molecule has 1 amide bonds. The highest BCUT2D eigenvalue weighted by molar-refractivity contribution is 6.00. The van der Waals surface area contributed by atoms with Gasteiger partial charge in [0.15, 0.2) is 0 Å². The van der Waals surface area contributed by atoms with Gasteiger partial charge in [0.05, 0.1) is 28.6 Å². The molecule has 7 nitrogen and oxygen atoms in total. The second-order valence-electron chi connectivity index (χ2n) is 6.69. The maximum Gasteiger partial charge on any atom is 0.391 e. The maximum absolute atomic E-state index is 11.9. The number of nitrogens with two attached hydrogens (primary N) is 1. The van der Waals surface area contributed by atoms with E-state index >= 15 is 0 Å². The van der Waals surface area contributed by atoms with Crippen LogP contribution in [0.25, 0.3) is 0 Å². The molecule has 0 spiro atoms. The molecule has 1 saturated carbocycles. The van der Waals surface area contributed by atoms with Crippen molar-refractivity contribution in [3.63, 3.8) is 0 Å². The van der Waals surface area contributed by atoms with Gasteiger partial charge in [-0.3, -0.25) is 14.9 Å². The number of nitro benzene ring substituents is 1. The summed E-state index contributed by atoms with van der Waals surface area (Å²) in [5, 5.41) is 13.6. The van der Waals surface area contributed by atoms with E-state index in [1.165, 1.54) is 6.07 Å². The van der Waals surface area contributed by atoms with Crippen molar-refractivity contribution in [1.29, 1.82) is 0 Å². The lowest BCUT2D eigenvalue weighted by Crippen LogP contribution is -2.24. The van der Waals surface area contributed by atoms with Crippen LogP contribution in [-0.4, -0.2) is 37.6 Å². The van der Waals surface area contributed by atoms with Gasteiger partial charge < -0.3 is 16.0 Å². The zero-order chi connectivity index (χ0) is 22.2. The summed E-state index contributed by atoms with van der Waals surface area (Å²) in [6, 6.07) is 2.63. The first-order valence-electron chi connectivity index (χ1n) is 9.04. The molecule has 0 aromatic heterocycles. The smallest absolute Gasteiger partial charge is 0.383 e. The molecule has 10 heteroatoms. The van der Waals surface area contributed by atoms with Crippen LogP contribution in [0.3, 0.4) is 0 Å². The van der Waals surface area contributed by atoms with Gasteiger partial charge in [0.1, 0.15) is 5.69 Å². The molecule has 1 fully saturated rings. The van der Waals surface area contributed by atoms with E-state index in [2.05, 4.69) is 11.2 Å². The van der Waals surface area contributed by atoms with Crippen molar-refractivity contribution < 1.29 is 22.9 Å². The van der Waals surface area contributed by atoms with Crippen LogP contribution in [0.5, 0.6) is 0 Å². The lowest BCUT2D eigenvalue weighted by atomic mass is 9.89. The SMILES string of the molecule is C#CCN(C)c1cc(NC)c([N+](=O)[O-])cc1C(N)=O.FC(F)(F)C1CCCCC1. The number of benzene rings is 1. The summed E-state index contributed by atoms with van der Waals surface area (Å²) in [6.07, 6.45) is 4.47. The fourth-order valence-corrected chi connectivity index (χ4v) is 3.09. The summed E-state index contributed by atoms with van der Waals surface area (Å²) >= 11 is 0. The van der Waals surface area contributed by atoms with Gasteiger partial charge in [-0.1, -0.05) is 25.2 Å². The Labute approximate surface area is 167 Å². The minimum atomic E-state index is -3.93. The highest BCUT2D eigenvalue weighted by Crippen LogP contribution is 2.37. The number of terminal acetylenes is 1. The Morgan fingerprint density at radius 2 is 1.97 bits per heavy atom. The van der Waals surface area contributed by atoms with Crippen molar-refractivity contribution in [3.8, 4) is 12.3 Å². The molecular formula is C19H25F3N4O3. The molecule has 160 valence electrons. The third-order valence-corrected chi connectivity index (χ3v) is 4.65. The highest BCUT2D eigenvalue weighted by Gasteiger charge is 2.39. The summed E-state index contributed by atoms with van der Waals surface area (Å²) in [4.78, 5) is 23.4. The Balaban J connectivity index is 0.000000352. The van der Waals surface area contributed by atoms with Crippen LogP contribution in [0, 0.1) is 28.4 Å². The van der Waals surface area contributed by atoms with Crippen molar-refractivity contribution in [2.75, 3.05) is 30.9 Å². The minimum absolute atomic E-state index is 0.0588. The molecule has 1 aromatic carbocycles. The Morgan fingerprint density at radius 1 is 1.38 bits per heavy atom. The van der Waals surface area contributed by atoms with E-state index in [4.69, 9.17) is 12.2 Å². The molecule has 0 heterocycles. The lowest BCUT2D eigenvalue weighted by molar-refractivity contribution is -0.383. The number of primary amides is 1. The number of rotatable bonds is 5. The highest BCUT2D eigenvalue weighted by atomic mass is 19.4. The number of anilines is 2. The summed E-state index contributed by atoms with van der Waals surface area (Å²) in [7, 11) is 3.23. The number of nitro groups is 1. The first-order valence-corrected chi connectivity index (χ1v) is 9.04. The zero-order valence-electron chi connectivity index (χ0n) is 16.4. The molecule has 3 N–H and O–H groups in total. The van der Waals surface area contributed by atoms with Gasteiger partial charge in [-0.05, 0) is 18.9 Å². The molecule has 1 aliphatic carbocycles. The van der Waals surface area contributed by atoms with Crippen LogP contribution in [-0.2, 0) is 0 Å². The number of nitrogens with zero attached hydrogens (tertiary/aromatic N) is 2. The number of nitrogens with one attached hydrogen (secondary N) is 1. The Morgan fingerprint density at radius 3 is 2.34 bits per heavy atom. The predicted octanol–water partition coefficient (Wildman–Crippen LogP) is 3.93. The normalized spacial score (nSPS) is 14.2. The third kappa shape index (κ3) is 6.85. The van der Waals surface area contributed by atoms with Crippen molar-refractivity contribution in [2.24, 2.45) is 11.7 Å². The van der Waals surface area contributed by atoms with E-state index in [9.17, 15) is 28.1 Å². The topological polar surface area (TPSA) is 102 Å². The molecule has 0 unspecified atom stereocenters. The lowest BCUT2D eigenvalue weighted by Gasteiger charge is -2.23. The summed E-state index contributed by atoms with van der Waals surface area (Å²) in [5.74, 6) is 0.682. The molecule has 1 aromatic rings. The Bertz CT molecular complexity index is 769. The van der Waals surface area contributed by atoms with Crippen LogP contribution in [0.2, 0.25) is 0 Å². The van der Waals surface area contributed by atoms with Crippen LogP contribution in [0.4, 0.5) is 30.2 Å². The molecule has 0 radical (unpaired) electrons. The summed E-state index contributed by atoms with van der Waals surface area (Å²) in [6.45, 7) is 0.251. The standard InChI is InChI=1S/C12H14N4O3.C7H11F3/c1-4-5-15(3)10-7-9(14-2)11(16(18)19)6-8(10)12(13)17;8-7(9,10)6-4-2-1-3-5-6/h1,6-7,14H,5H2,2-3H3,(H2,13,17);6H,1-5H2. The summed E-state index contributed by atoms with van der Waals surface area (Å²) in [5.41, 5.74) is 5.82. The minimum Gasteiger partial charge on any atom is -0.383 e. The fraction of sp³-hybridized carbons (Fsp3) is 0.526. The zero-order valence-corrected chi connectivity index (χ0v) is 16.4. The number of hydrogen-bond donors (Lipinski definition) is 2. The molecule has 0 saturated heterocycles. The molecule has 0 aliphatic heterocycles. The molecule has 29 heavy (non-hydrogen) atoms. The average Bonchev–Trinajstić information content (AvgIpc) is 2.67. The maximum atomic E-state index is 11.9. The molecule has 0 bridgehead atoms. The van der Waals surface area contributed by atoms with E-state index in [1.54, 1.807) is 19.0 Å². The first-order chi connectivity index (χ1) is 13.5. The number of carbonyl (C=O) groups excluding carboxylic acids is 1. The molecule has 0 atom stereocenters. The van der Waals surface area contributed by atoms with E-state index < -0.39 is 22.9 Å². The van der Waals surface area contributed by atoms with Gasteiger partial charge in [-0.25, -0.2) is 0 Å². The predicted molar refractivity (Wildman–Crippen MR) is 106 cm³/mol. The van der Waals surface area contributed by atoms with Gasteiger partial charge in [0.25, 0.3) is 11.6 Å². The summed E-state index contributed by atoms with van der Waals surface area (Å²) < 4.78 is 35.8. The van der Waals surface area contributed by atoms with E-state index in [-0.39, 0.29) is 23.5 Å². The van der Waals surface area contributed by atoms with E-state index in [0.29, 0.717) is 18.5 Å². The number of amides is 1. The molecule has 1 aliphatic rings. The Kier molecular flexibility index (Phi) is 8.76. The first kappa shape index (κ1) is 24.1. The van der Waals surface area contributed by atoms with Crippen molar-refractivity contribution in [1.82, 2.24) is 0 Å². The van der Waals surface area contributed by atoms with E-state index in [0.717, 1.165) is 25.3 Å². The third-order valence-electron chi connectivity index (χ3n) is 4.65. The van der Waals surface area contributed by atoms with Crippen LogP contribution < -0.4 is 16.0 Å². The quantitative estimate of drug-likeness (QED) is 0.432. The number of alkyl halides is 3. The van der Waals surface area contributed by atoms with Gasteiger partial charge in [-0.2, -0.15) is 13.2 Å². The van der Waals surface area contributed by atoms with E-state index in [1.807, 2.05) is 0 Å². The second-order valence-corrected chi connectivity index (χ2v) is 6.69. The Hall–Kier alpha value is -2.96. The van der Waals surface area contributed by atoms with Gasteiger partial charge >= 0.3 is 6.18 Å². The number of halogens is 3. The number of carbonyl (C=O) groups is 1.